The lowest BCUT2D eigenvalue weighted by Crippen LogP contribution is -2.04. The van der Waals surface area contributed by atoms with Crippen LogP contribution in [0, 0.1) is 11.3 Å². The minimum atomic E-state index is -2.81. The molecular formula is C11H8ClF2NO2. The topological polar surface area (TPSA) is 61.1 Å². The van der Waals surface area contributed by atoms with E-state index in [4.69, 9.17) is 22.0 Å². The normalized spacial score (nSPS) is 10.3. The van der Waals surface area contributed by atoms with Crippen LogP contribution in [0.1, 0.15) is 28.7 Å². The minimum Gasteiger partial charge on any atom is -0.481 e. The number of rotatable bonds is 4. The lowest BCUT2D eigenvalue weighted by Gasteiger charge is -2.10. The number of alkyl halides is 3. The van der Waals surface area contributed by atoms with Crippen molar-refractivity contribution in [3.05, 3.63) is 34.4 Å². The summed E-state index contributed by atoms with van der Waals surface area (Å²) in [6.45, 7) is 0. The molecular weight excluding hydrogens is 252 g/mol. The highest BCUT2D eigenvalue weighted by Gasteiger charge is 2.19. The molecule has 0 saturated carbocycles. The molecule has 17 heavy (non-hydrogen) atoms. The van der Waals surface area contributed by atoms with E-state index < -0.39 is 18.0 Å². The Morgan fingerprint density at radius 3 is 2.59 bits per heavy atom. The predicted molar refractivity (Wildman–Crippen MR) is 57.0 cm³/mol. The van der Waals surface area contributed by atoms with E-state index in [0.29, 0.717) is 0 Å². The summed E-state index contributed by atoms with van der Waals surface area (Å²) in [6, 6.07) is 4.09. The van der Waals surface area contributed by atoms with E-state index in [9.17, 15) is 13.6 Å². The highest BCUT2D eigenvalue weighted by molar-refractivity contribution is 6.17. The molecule has 6 heteroatoms. The molecule has 0 aliphatic rings. The average Bonchev–Trinajstić information content (AvgIpc) is 2.26. The summed E-state index contributed by atoms with van der Waals surface area (Å²) < 4.78 is 25.5. The van der Waals surface area contributed by atoms with Gasteiger partial charge in [-0.15, -0.1) is 11.6 Å². The first kappa shape index (κ1) is 13.4. The van der Waals surface area contributed by atoms with Crippen LogP contribution in [0.2, 0.25) is 0 Å². The van der Waals surface area contributed by atoms with Gasteiger partial charge in [-0.05, 0) is 17.2 Å². The van der Waals surface area contributed by atoms with Gasteiger partial charge in [0.2, 0.25) is 0 Å². The highest BCUT2D eigenvalue weighted by Crippen LogP contribution is 2.29. The fourth-order valence-electron chi connectivity index (χ4n) is 1.52. The summed E-state index contributed by atoms with van der Waals surface area (Å²) in [5.74, 6) is -1.29. The molecule has 0 heterocycles. The first-order valence-electron chi connectivity index (χ1n) is 4.61. The third kappa shape index (κ3) is 3.14. The maximum atomic E-state index is 12.7. The highest BCUT2D eigenvalue weighted by atomic mass is 35.5. The molecule has 0 fully saturated rings. The standard InChI is InChI=1S/C11H8ClF2NO2/c12-4-7-1-6(3-9(16)17)2-8(5-15)10(7)11(13)14/h1-2,11H,3-4H2,(H,16,17). The second-order valence-corrected chi connectivity index (χ2v) is 3.60. The summed E-state index contributed by atoms with van der Waals surface area (Å²) in [6.07, 6.45) is -3.14. The third-order valence-electron chi connectivity index (χ3n) is 2.16. The van der Waals surface area contributed by atoms with Gasteiger partial charge in [0.25, 0.3) is 6.43 Å². The smallest absolute Gasteiger partial charge is 0.307 e. The lowest BCUT2D eigenvalue weighted by molar-refractivity contribution is -0.136. The van der Waals surface area contributed by atoms with Crippen LogP contribution in [0.4, 0.5) is 8.78 Å². The van der Waals surface area contributed by atoms with Crippen LogP contribution < -0.4 is 0 Å². The number of carboxylic acid groups (broad SMARTS) is 1. The first-order valence-corrected chi connectivity index (χ1v) is 5.14. The van der Waals surface area contributed by atoms with E-state index in [1.807, 2.05) is 0 Å². The molecule has 0 bridgehead atoms. The van der Waals surface area contributed by atoms with Crippen molar-refractivity contribution >= 4 is 17.6 Å². The number of halogens is 3. The van der Waals surface area contributed by atoms with Gasteiger partial charge in [-0.2, -0.15) is 5.26 Å². The fraction of sp³-hybridized carbons (Fsp3) is 0.273. The van der Waals surface area contributed by atoms with Crippen molar-refractivity contribution in [2.24, 2.45) is 0 Å². The van der Waals surface area contributed by atoms with Crippen molar-refractivity contribution < 1.29 is 18.7 Å². The van der Waals surface area contributed by atoms with Gasteiger partial charge in [-0.3, -0.25) is 4.79 Å². The molecule has 1 N–H and O–H groups in total. The molecule has 0 atom stereocenters. The second kappa shape index (κ2) is 5.60. The molecule has 0 amide bonds. The van der Waals surface area contributed by atoms with E-state index in [-0.39, 0.29) is 29.0 Å². The maximum absolute atomic E-state index is 12.7. The third-order valence-corrected chi connectivity index (χ3v) is 2.45. The van der Waals surface area contributed by atoms with E-state index >= 15 is 0 Å². The monoisotopic (exact) mass is 259 g/mol. The first-order chi connectivity index (χ1) is 7.99. The number of benzene rings is 1. The van der Waals surface area contributed by atoms with Crippen LogP contribution in [-0.2, 0) is 17.1 Å². The molecule has 0 aliphatic carbocycles. The van der Waals surface area contributed by atoms with E-state index in [1.54, 1.807) is 6.07 Å². The van der Waals surface area contributed by atoms with Crippen LogP contribution in [0.15, 0.2) is 12.1 Å². The zero-order chi connectivity index (χ0) is 13.0. The van der Waals surface area contributed by atoms with Gasteiger partial charge in [0.15, 0.2) is 0 Å². The quantitative estimate of drug-likeness (QED) is 0.846. The Bertz CT molecular complexity index is 483. The Morgan fingerprint density at radius 1 is 1.53 bits per heavy atom. The Kier molecular flexibility index (Phi) is 4.41. The molecule has 1 aromatic carbocycles. The van der Waals surface area contributed by atoms with Gasteiger partial charge in [0.05, 0.1) is 18.1 Å². The Morgan fingerprint density at radius 2 is 2.18 bits per heavy atom. The van der Waals surface area contributed by atoms with Crippen LogP contribution in [0.25, 0.3) is 0 Å². The van der Waals surface area contributed by atoms with Crippen molar-refractivity contribution in [3.8, 4) is 6.07 Å². The van der Waals surface area contributed by atoms with Crippen LogP contribution in [-0.4, -0.2) is 11.1 Å². The molecule has 3 nitrogen and oxygen atoms in total. The molecule has 0 spiro atoms. The zero-order valence-corrected chi connectivity index (χ0v) is 9.34. The SMILES string of the molecule is N#Cc1cc(CC(=O)O)cc(CCl)c1C(F)F. The second-order valence-electron chi connectivity index (χ2n) is 3.33. The number of hydrogen-bond acceptors (Lipinski definition) is 2. The van der Waals surface area contributed by atoms with Crippen LogP contribution in [0.5, 0.6) is 0 Å². The van der Waals surface area contributed by atoms with Crippen molar-refractivity contribution in [1.82, 2.24) is 0 Å². The van der Waals surface area contributed by atoms with Crippen molar-refractivity contribution in [2.45, 2.75) is 18.7 Å². The van der Waals surface area contributed by atoms with Gasteiger partial charge >= 0.3 is 5.97 Å². The fourth-order valence-corrected chi connectivity index (χ4v) is 1.74. The molecule has 1 rings (SSSR count). The molecule has 0 saturated heterocycles. The van der Waals surface area contributed by atoms with Gasteiger partial charge in [0.1, 0.15) is 0 Å². The predicted octanol–water partition coefficient (Wildman–Crippen LogP) is 2.86. The number of nitriles is 1. The molecule has 0 aliphatic heterocycles. The summed E-state index contributed by atoms with van der Waals surface area (Å²) in [7, 11) is 0. The Hall–Kier alpha value is -1.67. The largest absolute Gasteiger partial charge is 0.481 e. The molecule has 1 aromatic rings. The van der Waals surface area contributed by atoms with E-state index in [2.05, 4.69) is 0 Å². The van der Waals surface area contributed by atoms with Crippen molar-refractivity contribution in [1.29, 1.82) is 5.26 Å². The maximum Gasteiger partial charge on any atom is 0.307 e. The molecule has 0 unspecified atom stereocenters. The molecule has 0 radical (unpaired) electrons. The molecule has 0 aromatic heterocycles. The Balaban J connectivity index is 3.35. The van der Waals surface area contributed by atoms with Crippen LogP contribution >= 0.6 is 11.6 Å². The number of carbonyl (C=O) groups is 1. The van der Waals surface area contributed by atoms with E-state index in [0.717, 1.165) is 6.07 Å². The summed E-state index contributed by atoms with van der Waals surface area (Å²) >= 11 is 5.52. The number of aliphatic carboxylic acids is 1. The Labute approximate surface area is 101 Å². The van der Waals surface area contributed by atoms with Crippen molar-refractivity contribution in [2.75, 3.05) is 0 Å². The number of carboxylic acids is 1. The van der Waals surface area contributed by atoms with Crippen molar-refractivity contribution in [3.63, 3.8) is 0 Å². The van der Waals surface area contributed by atoms with E-state index in [1.165, 1.54) is 6.07 Å². The summed E-state index contributed by atoms with van der Waals surface area (Å²) in [5.41, 5.74) is -0.267. The zero-order valence-electron chi connectivity index (χ0n) is 8.58. The number of nitrogens with zero attached hydrogens (tertiary/aromatic N) is 1. The summed E-state index contributed by atoms with van der Waals surface area (Å²) in [5, 5.41) is 17.4. The van der Waals surface area contributed by atoms with Crippen LogP contribution in [0.3, 0.4) is 0 Å². The molecule has 90 valence electrons. The van der Waals surface area contributed by atoms with Gasteiger partial charge < -0.3 is 5.11 Å². The van der Waals surface area contributed by atoms with Gasteiger partial charge in [0, 0.05) is 11.4 Å². The van der Waals surface area contributed by atoms with Gasteiger partial charge in [-0.1, -0.05) is 6.07 Å². The number of hydrogen-bond donors (Lipinski definition) is 1. The summed E-state index contributed by atoms with van der Waals surface area (Å²) in [4.78, 5) is 10.5. The van der Waals surface area contributed by atoms with Gasteiger partial charge in [-0.25, -0.2) is 8.78 Å². The lowest BCUT2D eigenvalue weighted by atomic mass is 9.98. The minimum absolute atomic E-state index is 0.0944. The average molecular weight is 260 g/mol.